The lowest BCUT2D eigenvalue weighted by Gasteiger charge is -2.27. The second-order valence-corrected chi connectivity index (χ2v) is 11.9. The molecule has 0 aliphatic carbocycles. The van der Waals surface area contributed by atoms with Crippen LogP contribution in [0.4, 0.5) is 0 Å². The average molecular weight is 718 g/mol. The van der Waals surface area contributed by atoms with Crippen LogP contribution in [0.1, 0.15) is 65.7 Å². The van der Waals surface area contributed by atoms with Crippen LogP contribution in [0.3, 0.4) is 0 Å². The highest BCUT2D eigenvalue weighted by molar-refractivity contribution is 5.96. The minimum absolute atomic E-state index is 0.0317. The zero-order chi connectivity index (χ0) is 38.6. The Kier molecular flexibility index (Phi) is 21.2. The Morgan fingerprint density at radius 2 is 1.20 bits per heavy atom. The van der Waals surface area contributed by atoms with E-state index in [1.807, 2.05) is 5.32 Å². The predicted molar refractivity (Wildman–Crippen MR) is 174 cm³/mol. The third-order valence-electron chi connectivity index (χ3n) is 6.95. The molecule has 21 nitrogen and oxygen atoms in total. The van der Waals surface area contributed by atoms with Crippen molar-refractivity contribution in [2.75, 3.05) is 19.7 Å². The highest BCUT2D eigenvalue weighted by Crippen LogP contribution is 2.09. The molecule has 0 aromatic rings. The number of carboxylic acids is 2. The molecule has 15 N–H and O–H groups in total. The van der Waals surface area contributed by atoms with Crippen molar-refractivity contribution in [3.05, 3.63) is 0 Å². The van der Waals surface area contributed by atoms with Gasteiger partial charge in [-0.05, 0) is 51.5 Å². The van der Waals surface area contributed by atoms with Gasteiger partial charge in [0.25, 0.3) is 0 Å². The molecule has 0 heterocycles. The Labute approximate surface area is 288 Å². The molecule has 0 saturated heterocycles. The normalized spacial score (nSPS) is 14.5. The fraction of sp³-hybridized carbons (Fsp3) is 0.690. The van der Waals surface area contributed by atoms with E-state index in [9.17, 15) is 48.3 Å². The third kappa shape index (κ3) is 18.6. The van der Waals surface area contributed by atoms with Crippen LogP contribution in [0.2, 0.25) is 0 Å². The topological polar surface area (TPSA) is 365 Å². The number of aliphatic carboxylic acids is 2. The Balaban J connectivity index is 5.79. The Bertz CT molecular complexity index is 1220. The number of nitrogens with two attached hydrogens (primary N) is 3. The number of primary amides is 1. The molecule has 284 valence electrons. The van der Waals surface area contributed by atoms with Gasteiger partial charge < -0.3 is 64.4 Å². The van der Waals surface area contributed by atoms with Gasteiger partial charge in [0.15, 0.2) is 0 Å². The largest absolute Gasteiger partial charge is 0.481 e. The lowest BCUT2D eigenvalue weighted by Crippen LogP contribution is -2.59. The van der Waals surface area contributed by atoms with Gasteiger partial charge in [-0.25, -0.2) is 4.79 Å². The van der Waals surface area contributed by atoms with Crippen LogP contribution in [0.25, 0.3) is 0 Å². The maximum Gasteiger partial charge on any atom is 0.328 e. The van der Waals surface area contributed by atoms with Gasteiger partial charge in [0.2, 0.25) is 41.4 Å². The van der Waals surface area contributed by atoms with E-state index in [1.165, 1.54) is 6.92 Å². The van der Waals surface area contributed by atoms with E-state index in [-0.39, 0.29) is 25.3 Å². The molecule has 0 aliphatic heterocycles. The van der Waals surface area contributed by atoms with Gasteiger partial charge in [0, 0.05) is 6.42 Å². The van der Waals surface area contributed by atoms with Gasteiger partial charge in [0.1, 0.15) is 30.2 Å². The van der Waals surface area contributed by atoms with Crippen molar-refractivity contribution in [2.24, 2.45) is 23.1 Å². The molecule has 0 unspecified atom stereocenters. The highest BCUT2D eigenvalue weighted by atomic mass is 16.4. The standard InChI is InChI=1S/C29H51N9O12/c1-14(2)10-19(28(48)36-18(7-8-23(42)43)27(47)38-20(13-39)29(49)50)37-26(46)17(6-4-5-9-30)35-24(44)15(3)34-22(41)12-33-25(45)16(31)11-21(32)40/h14-20,39H,4-13,30-31H2,1-3H3,(H2,32,40)(H,33,45)(H,34,41)(H,35,44)(H,36,48)(H,37,46)(H,38,47)(H,42,43)(H,49,50)/t15-,16-,17-,18-,19-,20-/m0/s1. The average Bonchev–Trinajstić information content (AvgIpc) is 3.02. The second kappa shape index (κ2) is 23.5. The molecule has 0 spiro atoms. The zero-order valence-corrected chi connectivity index (χ0v) is 28.4. The number of aliphatic hydroxyl groups is 1. The first-order valence-electron chi connectivity index (χ1n) is 15.9. The number of nitrogens with one attached hydrogen (secondary N) is 6. The first kappa shape index (κ1) is 45.1. The summed E-state index contributed by atoms with van der Waals surface area (Å²) in [6.07, 6.45) is -0.525. The summed E-state index contributed by atoms with van der Waals surface area (Å²) in [4.78, 5) is 110. The summed E-state index contributed by atoms with van der Waals surface area (Å²) in [6.45, 7) is 3.50. The molecule has 0 aliphatic rings. The zero-order valence-electron chi connectivity index (χ0n) is 28.4. The maximum absolute atomic E-state index is 13.5. The second-order valence-electron chi connectivity index (χ2n) is 11.9. The van der Waals surface area contributed by atoms with E-state index in [4.69, 9.17) is 27.4 Å². The van der Waals surface area contributed by atoms with Crippen molar-refractivity contribution in [1.29, 1.82) is 0 Å². The first-order valence-corrected chi connectivity index (χ1v) is 15.9. The van der Waals surface area contributed by atoms with Gasteiger partial charge in [-0.15, -0.1) is 0 Å². The van der Waals surface area contributed by atoms with Crippen LogP contribution in [-0.2, 0) is 43.2 Å². The molecular formula is C29H51N9O12. The minimum atomic E-state index is -1.73. The predicted octanol–water partition coefficient (Wildman–Crippen LogP) is -5.13. The molecular weight excluding hydrogens is 666 g/mol. The highest BCUT2D eigenvalue weighted by Gasteiger charge is 2.32. The molecule has 0 aromatic heterocycles. The smallest absolute Gasteiger partial charge is 0.328 e. The number of unbranched alkanes of at least 4 members (excludes halogenated alkanes) is 1. The number of hydrogen-bond donors (Lipinski definition) is 12. The number of carboxylic acid groups (broad SMARTS) is 2. The number of hydrogen-bond acceptors (Lipinski definition) is 12. The molecule has 0 radical (unpaired) electrons. The maximum atomic E-state index is 13.5. The van der Waals surface area contributed by atoms with E-state index in [0.717, 1.165) is 0 Å². The lowest BCUT2D eigenvalue weighted by molar-refractivity contribution is -0.144. The van der Waals surface area contributed by atoms with Gasteiger partial charge in [-0.2, -0.15) is 0 Å². The number of aliphatic hydroxyl groups excluding tert-OH is 1. The van der Waals surface area contributed by atoms with Crippen LogP contribution >= 0.6 is 0 Å². The lowest BCUT2D eigenvalue weighted by atomic mass is 10.0. The van der Waals surface area contributed by atoms with E-state index in [0.29, 0.717) is 12.8 Å². The Morgan fingerprint density at radius 3 is 1.70 bits per heavy atom. The van der Waals surface area contributed by atoms with Crippen LogP contribution in [0.5, 0.6) is 0 Å². The number of rotatable bonds is 25. The summed E-state index contributed by atoms with van der Waals surface area (Å²) in [5.74, 6) is -9.09. The summed E-state index contributed by atoms with van der Waals surface area (Å²) >= 11 is 0. The Morgan fingerprint density at radius 1 is 0.680 bits per heavy atom. The summed E-state index contributed by atoms with van der Waals surface area (Å²) in [5, 5.41) is 41.5. The summed E-state index contributed by atoms with van der Waals surface area (Å²) < 4.78 is 0. The fourth-order valence-corrected chi connectivity index (χ4v) is 4.27. The molecule has 0 aromatic carbocycles. The number of carbonyl (C=O) groups is 9. The van der Waals surface area contributed by atoms with Gasteiger partial charge in [-0.1, -0.05) is 13.8 Å². The van der Waals surface area contributed by atoms with Crippen molar-refractivity contribution in [3.63, 3.8) is 0 Å². The van der Waals surface area contributed by atoms with Crippen molar-refractivity contribution >= 4 is 53.3 Å². The quantitative estimate of drug-likeness (QED) is 0.0393. The van der Waals surface area contributed by atoms with Crippen molar-refractivity contribution in [2.45, 2.75) is 102 Å². The summed E-state index contributed by atoms with van der Waals surface area (Å²) in [7, 11) is 0. The summed E-state index contributed by atoms with van der Waals surface area (Å²) in [5.41, 5.74) is 16.1. The van der Waals surface area contributed by atoms with Gasteiger partial charge >= 0.3 is 11.9 Å². The molecule has 6 atom stereocenters. The van der Waals surface area contributed by atoms with Crippen LogP contribution in [-0.4, -0.2) is 125 Å². The molecule has 0 rings (SSSR count). The van der Waals surface area contributed by atoms with Gasteiger partial charge in [0.05, 0.1) is 25.6 Å². The number of amides is 7. The number of carbonyl (C=O) groups excluding carboxylic acids is 7. The minimum Gasteiger partial charge on any atom is -0.481 e. The van der Waals surface area contributed by atoms with Crippen LogP contribution in [0.15, 0.2) is 0 Å². The van der Waals surface area contributed by atoms with E-state index >= 15 is 0 Å². The van der Waals surface area contributed by atoms with Crippen molar-refractivity contribution in [1.82, 2.24) is 31.9 Å². The molecule has 0 bridgehead atoms. The molecule has 50 heavy (non-hydrogen) atoms. The first-order chi connectivity index (χ1) is 23.3. The van der Waals surface area contributed by atoms with Crippen LogP contribution in [0, 0.1) is 5.92 Å². The fourth-order valence-electron chi connectivity index (χ4n) is 4.27. The third-order valence-corrected chi connectivity index (χ3v) is 6.95. The van der Waals surface area contributed by atoms with E-state index in [2.05, 4.69) is 26.6 Å². The van der Waals surface area contributed by atoms with Gasteiger partial charge in [-0.3, -0.25) is 38.4 Å². The Hall–Kier alpha value is -4.89. The molecule has 7 amide bonds. The molecule has 0 fully saturated rings. The van der Waals surface area contributed by atoms with Crippen LogP contribution < -0.4 is 49.1 Å². The van der Waals surface area contributed by atoms with Crippen molar-refractivity contribution < 1.29 is 58.5 Å². The van der Waals surface area contributed by atoms with E-state index < -0.39 is 122 Å². The van der Waals surface area contributed by atoms with Crippen molar-refractivity contribution in [3.8, 4) is 0 Å². The molecule has 21 heteroatoms. The van der Waals surface area contributed by atoms with E-state index in [1.54, 1.807) is 13.8 Å². The SMILES string of the molecule is CC(C)C[C@H](NC(=O)[C@H](CCCCN)NC(=O)[C@H](C)NC(=O)CNC(=O)[C@@H](N)CC(N)=O)C(=O)N[C@@H](CCC(=O)O)C(=O)N[C@@H](CO)C(=O)O. The summed E-state index contributed by atoms with van der Waals surface area (Å²) in [6, 6.07) is -8.29. The molecule has 0 saturated carbocycles. The monoisotopic (exact) mass is 717 g/mol.